The third kappa shape index (κ3) is 7.59. The molecule has 1 rings (SSSR count). The van der Waals surface area contributed by atoms with E-state index in [0.29, 0.717) is 25.7 Å². The Morgan fingerprint density at radius 3 is 1.76 bits per heavy atom. The van der Waals surface area contributed by atoms with E-state index in [2.05, 4.69) is 0 Å². The Hall–Kier alpha value is -2.24. The summed E-state index contributed by atoms with van der Waals surface area (Å²) in [6.45, 7) is 6.89. The molecule has 0 aromatic heterocycles. The van der Waals surface area contributed by atoms with Crippen molar-refractivity contribution in [1.29, 1.82) is 0 Å². The molecule has 0 amide bonds. The minimum atomic E-state index is -0.799. The second kappa shape index (κ2) is 10.5. The smallest absolute Gasteiger partial charge is 0.309 e. The van der Waals surface area contributed by atoms with Gasteiger partial charge in [-0.05, 0) is 77.8 Å². The van der Waals surface area contributed by atoms with Crippen molar-refractivity contribution in [3.05, 3.63) is 23.3 Å². The van der Waals surface area contributed by atoms with Crippen molar-refractivity contribution in [3.63, 3.8) is 0 Å². The first kappa shape index (κ1) is 24.8. The van der Waals surface area contributed by atoms with Crippen LogP contribution in [0.4, 0.5) is 0 Å². The number of aliphatic carboxylic acids is 2. The molecule has 0 unspecified atom stereocenters. The van der Waals surface area contributed by atoms with Crippen molar-refractivity contribution < 1.29 is 30.0 Å². The number of carboxylic acids is 2. The molecule has 0 aliphatic carbocycles. The molecule has 0 fully saturated rings. The highest BCUT2D eigenvalue weighted by atomic mass is 16.4. The molecule has 0 bridgehead atoms. The molecule has 29 heavy (non-hydrogen) atoms. The number of aryl methyl sites for hydroxylation is 1. The van der Waals surface area contributed by atoms with E-state index in [0.717, 1.165) is 43.2 Å². The lowest BCUT2D eigenvalue weighted by molar-refractivity contribution is -0.148. The maximum Gasteiger partial charge on any atom is 0.309 e. The molecule has 0 saturated heterocycles. The van der Waals surface area contributed by atoms with Crippen LogP contribution >= 0.6 is 0 Å². The van der Waals surface area contributed by atoms with Gasteiger partial charge >= 0.3 is 11.9 Å². The Labute approximate surface area is 173 Å². The minimum Gasteiger partial charge on any atom is -0.504 e. The third-order valence-corrected chi connectivity index (χ3v) is 5.74. The number of aromatic hydroxyl groups is 2. The predicted octanol–water partition coefficient (Wildman–Crippen LogP) is 5.14. The molecule has 164 valence electrons. The summed E-state index contributed by atoms with van der Waals surface area (Å²) in [5.41, 5.74) is 0.227. The largest absolute Gasteiger partial charge is 0.504 e. The summed E-state index contributed by atoms with van der Waals surface area (Å²) < 4.78 is 0. The molecule has 6 heteroatoms. The van der Waals surface area contributed by atoms with Crippen LogP contribution < -0.4 is 0 Å². The Morgan fingerprint density at radius 2 is 1.24 bits per heavy atom. The number of rotatable bonds is 13. The lowest BCUT2D eigenvalue weighted by atomic mass is 9.86. The Balaban J connectivity index is 2.60. The Kier molecular flexibility index (Phi) is 8.99. The Bertz CT molecular complexity index is 706. The van der Waals surface area contributed by atoms with Crippen molar-refractivity contribution in [2.24, 2.45) is 10.8 Å². The molecule has 1 aromatic carbocycles. The second-order valence-corrected chi connectivity index (χ2v) is 9.22. The molecule has 4 N–H and O–H groups in total. The van der Waals surface area contributed by atoms with Crippen LogP contribution in [-0.2, 0) is 22.4 Å². The Morgan fingerprint density at radius 1 is 0.759 bits per heavy atom. The lowest BCUT2D eigenvalue weighted by Gasteiger charge is -2.19. The monoisotopic (exact) mass is 408 g/mol. The van der Waals surface area contributed by atoms with Gasteiger partial charge in [0.1, 0.15) is 0 Å². The number of phenols is 2. The topological polar surface area (TPSA) is 115 Å². The van der Waals surface area contributed by atoms with Crippen LogP contribution in [0.15, 0.2) is 12.1 Å². The zero-order valence-electron chi connectivity index (χ0n) is 18.1. The number of benzene rings is 1. The number of hydrogen-bond acceptors (Lipinski definition) is 4. The van der Waals surface area contributed by atoms with Gasteiger partial charge in [0, 0.05) is 5.56 Å². The molecule has 6 nitrogen and oxygen atoms in total. The molecular formula is C23H36O6. The van der Waals surface area contributed by atoms with Gasteiger partial charge in [-0.15, -0.1) is 0 Å². The first-order valence-electron chi connectivity index (χ1n) is 10.4. The molecule has 0 radical (unpaired) electrons. The zero-order valence-corrected chi connectivity index (χ0v) is 18.1. The van der Waals surface area contributed by atoms with Crippen molar-refractivity contribution in [1.82, 2.24) is 0 Å². The molecule has 0 atom stereocenters. The van der Waals surface area contributed by atoms with Crippen molar-refractivity contribution >= 4 is 11.9 Å². The molecule has 0 spiro atoms. The zero-order chi connectivity index (χ0) is 22.2. The van der Waals surface area contributed by atoms with E-state index in [-0.39, 0.29) is 11.5 Å². The third-order valence-electron chi connectivity index (χ3n) is 5.74. The van der Waals surface area contributed by atoms with E-state index in [1.807, 2.05) is 6.07 Å². The van der Waals surface area contributed by atoms with E-state index >= 15 is 0 Å². The van der Waals surface area contributed by atoms with Gasteiger partial charge in [-0.25, -0.2) is 0 Å². The highest BCUT2D eigenvalue weighted by molar-refractivity contribution is 5.73. The number of hydrogen-bond donors (Lipinski definition) is 4. The van der Waals surface area contributed by atoms with Gasteiger partial charge in [0.15, 0.2) is 11.5 Å². The highest BCUT2D eigenvalue weighted by Gasteiger charge is 2.27. The number of carboxylic acid groups (broad SMARTS) is 2. The van der Waals surface area contributed by atoms with Crippen molar-refractivity contribution in [2.75, 3.05) is 0 Å². The number of carbonyl (C=O) groups is 2. The molecule has 0 saturated carbocycles. The van der Waals surface area contributed by atoms with Crippen LogP contribution in [0.5, 0.6) is 11.5 Å². The normalized spacial score (nSPS) is 12.1. The van der Waals surface area contributed by atoms with E-state index < -0.39 is 22.8 Å². The van der Waals surface area contributed by atoms with Gasteiger partial charge < -0.3 is 20.4 Å². The SMILES string of the molecule is CC(C)(CCCCCc1c(CCCCC(C)(C)C(=O)O)ccc(O)c1O)C(=O)O. The summed E-state index contributed by atoms with van der Waals surface area (Å²) in [7, 11) is 0. The van der Waals surface area contributed by atoms with E-state index in [1.165, 1.54) is 6.07 Å². The maximum atomic E-state index is 11.2. The van der Waals surface area contributed by atoms with E-state index in [9.17, 15) is 24.9 Å². The fourth-order valence-electron chi connectivity index (χ4n) is 3.32. The fraction of sp³-hybridized carbons (Fsp3) is 0.652. The molecule has 1 aromatic rings. The summed E-state index contributed by atoms with van der Waals surface area (Å²) in [5.74, 6) is -1.81. The van der Waals surface area contributed by atoms with Gasteiger partial charge in [0.2, 0.25) is 0 Å². The fourth-order valence-corrected chi connectivity index (χ4v) is 3.32. The van der Waals surface area contributed by atoms with Gasteiger partial charge in [0.05, 0.1) is 10.8 Å². The lowest BCUT2D eigenvalue weighted by Crippen LogP contribution is -2.23. The average Bonchev–Trinajstić information content (AvgIpc) is 2.62. The van der Waals surface area contributed by atoms with E-state index in [1.54, 1.807) is 27.7 Å². The van der Waals surface area contributed by atoms with E-state index in [4.69, 9.17) is 5.11 Å². The van der Waals surface area contributed by atoms with Gasteiger partial charge in [-0.1, -0.05) is 25.3 Å². The summed E-state index contributed by atoms with van der Waals surface area (Å²) in [4.78, 5) is 22.4. The molecule has 0 heterocycles. The molecule has 0 aliphatic heterocycles. The van der Waals surface area contributed by atoms with Crippen LogP contribution in [0.1, 0.15) is 83.8 Å². The van der Waals surface area contributed by atoms with Crippen LogP contribution in [0.3, 0.4) is 0 Å². The number of unbranched alkanes of at least 4 members (excludes halogenated alkanes) is 3. The number of phenolic OH excluding ortho intramolecular Hbond substituents is 2. The van der Waals surface area contributed by atoms with Crippen molar-refractivity contribution in [3.8, 4) is 11.5 Å². The summed E-state index contributed by atoms with van der Waals surface area (Å²) in [6, 6.07) is 3.31. The highest BCUT2D eigenvalue weighted by Crippen LogP contribution is 2.34. The molecule has 0 aliphatic rings. The first-order valence-corrected chi connectivity index (χ1v) is 10.4. The first-order chi connectivity index (χ1) is 13.4. The van der Waals surface area contributed by atoms with Crippen LogP contribution in [0, 0.1) is 10.8 Å². The maximum absolute atomic E-state index is 11.2. The second-order valence-electron chi connectivity index (χ2n) is 9.22. The average molecular weight is 409 g/mol. The molecular weight excluding hydrogens is 372 g/mol. The minimum absolute atomic E-state index is 0.0840. The predicted molar refractivity (Wildman–Crippen MR) is 112 cm³/mol. The summed E-state index contributed by atoms with van der Waals surface area (Å²) in [6.07, 6.45) is 6.52. The van der Waals surface area contributed by atoms with Crippen LogP contribution in [0.25, 0.3) is 0 Å². The van der Waals surface area contributed by atoms with Gasteiger partial charge in [0.25, 0.3) is 0 Å². The van der Waals surface area contributed by atoms with Crippen LogP contribution in [-0.4, -0.2) is 32.4 Å². The van der Waals surface area contributed by atoms with Crippen LogP contribution in [0.2, 0.25) is 0 Å². The standard InChI is InChI=1S/C23H36O6/c1-22(2,20(26)27)14-8-5-6-11-17-16(12-13-18(24)19(17)25)10-7-9-15-23(3,4)21(28)29/h12-13,24-25H,5-11,14-15H2,1-4H3,(H,26,27)(H,28,29). The van der Waals surface area contributed by atoms with Gasteiger partial charge in [-0.2, -0.15) is 0 Å². The summed E-state index contributed by atoms with van der Waals surface area (Å²) in [5, 5.41) is 38.5. The summed E-state index contributed by atoms with van der Waals surface area (Å²) >= 11 is 0. The van der Waals surface area contributed by atoms with Gasteiger partial charge in [-0.3, -0.25) is 9.59 Å². The quantitative estimate of drug-likeness (QED) is 0.265. The van der Waals surface area contributed by atoms with Crippen molar-refractivity contribution in [2.45, 2.75) is 85.5 Å².